The Morgan fingerprint density at radius 3 is 2.67 bits per heavy atom. The maximum Gasteiger partial charge on any atom is 0.325 e. The molecule has 98 valence electrons. The zero-order valence-electron chi connectivity index (χ0n) is 10.4. The maximum atomic E-state index is 12.1. The molecule has 1 aromatic rings. The number of hydrogen-bond donors (Lipinski definition) is 0. The van der Waals surface area contributed by atoms with Crippen molar-refractivity contribution in [2.75, 3.05) is 27.0 Å². The summed E-state index contributed by atoms with van der Waals surface area (Å²) in [5.41, 5.74) is 0.384. The van der Waals surface area contributed by atoms with E-state index < -0.39 is 5.97 Å². The Morgan fingerprint density at radius 2 is 2.11 bits per heavy atom. The van der Waals surface area contributed by atoms with Gasteiger partial charge in [-0.3, -0.25) is 9.59 Å². The summed E-state index contributed by atoms with van der Waals surface area (Å²) < 4.78 is 4.51. The van der Waals surface area contributed by atoms with Crippen molar-refractivity contribution in [1.82, 2.24) is 4.90 Å². The van der Waals surface area contributed by atoms with Gasteiger partial charge in [0.15, 0.2) is 0 Å². The third-order valence-corrected chi connectivity index (χ3v) is 3.40. The van der Waals surface area contributed by atoms with Crippen molar-refractivity contribution >= 4 is 35.2 Å². The van der Waals surface area contributed by atoms with Crippen molar-refractivity contribution in [3.63, 3.8) is 0 Å². The van der Waals surface area contributed by atoms with Crippen LogP contribution in [0.3, 0.4) is 0 Å². The van der Waals surface area contributed by atoms with Gasteiger partial charge in [-0.25, -0.2) is 0 Å². The van der Waals surface area contributed by atoms with E-state index in [1.807, 2.05) is 12.3 Å². The lowest BCUT2D eigenvalue weighted by atomic mass is 10.2. The third kappa shape index (κ3) is 3.65. The van der Waals surface area contributed by atoms with Crippen LogP contribution in [0.5, 0.6) is 0 Å². The molecule has 0 aromatic heterocycles. The number of amides is 1. The average Bonchev–Trinajstić information content (AvgIpc) is 2.38. The number of likely N-dealkylation sites (N-methyl/N-ethyl adjacent to an activating group) is 1. The van der Waals surface area contributed by atoms with Gasteiger partial charge in [-0.1, -0.05) is 11.6 Å². The number of hydrogen-bond acceptors (Lipinski definition) is 4. The highest BCUT2D eigenvalue weighted by molar-refractivity contribution is 7.98. The van der Waals surface area contributed by atoms with Crippen LogP contribution in [0, 0.1) is 0 Å². The first-order chi connectivity index (χ1) is 8.49. The second-order valence-electron chi connectivity index (χ2n) is 3.58. The first-order valence-corrected chi connectivity index (χ1v) is 6.75. The van der Waals surface area contributed by atoms with Gasteiger partial charge >= 0.3 is 5.97 Å². The van der Waals surface area contributed by atoms with Gasteiger partial charge in [-0.2, -0.15) is 0 Å². The van der Waals surface area contributed by atoms with Crippen LogP contribution in [0.25, 0.3) is 0 Å². The van der Waals surface area contributed by atoms with E-state index in [1.54, 1.807) is 12.1 Å². The number of thioether (sulfide) groups is 1. The first kappa shape index (κ1) is 14.9. The normalized spacial score (nSPS) is 10.0. The average molecular weight is 288 g/mol. The number of carbonyl (C=O) groups excluding carboxylic acids is 2. The monoisotopic (exact) mass is 287 g/mol. The number of nitrogens with zero attached hydrogens (tertiary/aromatic N) is 1. The molecule has 6 heteroatoms. The van der Waals surface area contributed by atoms with E-state index >= 15 is 0 Å². The fourth-order valence-corrected chi connectivity index (χ4v) is 1.97. The Bertz CT molecular complexity index is 465. The Balaban J connectivity index is 2.92. The molecule has 0 heterocycles. The largest absolute Gasteiger partial charge is 0.468 e. The molecule has 0 unspecified atom stereocenters. The van der Waals surface area contributed by atoms with Crippen LogP contribution in [0.1, 0.15) is 10.4 Å². The van der Waals surface area contributed by atoms with Gasteiger partial charge < -0.3 is 9.64 Å². The van der Waals surface area contributed by atoms with Gasteiger partial charge in [0, 0.05) is 11.9 Å². The minimum atomic E-state index is -0.469. The third-order valence-electron chi connectivity index (χ3n) is 2.34. The fourth-order valence-electron chi connectivity index (χ4n) is 1.33. The van der Waals surface area contributed by atoms with Gasteiger partial charge in [0.25, 0.3) is 5.91 Å². The number of esters is 1. The van der Waals surface area contributed by atoms with Crippen LogP contribution in [-0.2, 0) is 9.53 Å². The van der Waals surface area contributed by atoms with Crippen LogP contribution in [0.2, 0.25) is 5.02 Å². The van der Waals surface area contributed by atoms with Crippen LogP contribution in [-0.4, -0.2) is 43.7 Å². The SMILES string of the molecule is COC(=O)CN(C)C(=O)c1cc(SC)ccc1Cl. The molecule has 0 spiro atoms. The smallest absolute Gasteiger partial charge is 0.325 e. The Kier molecular flexibility index (Phi) is 5.50. The Hall–Kier alpha value is -1.20. The van der Waals surface area contributed by atoms with E-state index in [0.29, 0.717) is 10.6 Å². The van der Waals surface area contributed by atoms with Crippen molar-refractivity contribution in [3.05, 3.63) is 28.8 Å². The Morgan fingerprint density at radius 1 is 1.44 bits per heavy atom. The number of carbonyl (C=O) groups is 2. The summed E-state index contributed by atoms with van der Waals surface area (Å²) in [6.45, 7) is -0.102. The summed E-state index contributed by atoms with van der Waals surface area (Å²) in [5.74, 6) is -0.774. The molecule has 0 N–H and O–H groups in total. The minimum absolute atomic E-state index is 0.102. The van der Waals surface area contributed by atoms with Crippen molar-refractivity contribution in [2.45, 2.75) is 4.90 Å². The molecule has 0 aliphatic carbocycles. The minimum Gasteiger partial charge on any atom is -0.468 e. The van der Waals surface area contributed by atoms with E-state index in [-0.39, 0.29) is 12.5 Å². The summed E-state index contributed by atoms with van der Waals surface area (Å²) in [7, 11) is 2.81. The second kappa shape index (κ2) is 6.66. The predicted octanol–water partition coefficient (Wildman–Crippen LogP) is 2.31. The molecular formula is C12H14ClNO3S. The highest BCUT2D eigenvalue weighted by atomic mass is 35.5. The number of rotatable bonds is 4. The number of benzene rings is 1. The summed E-state index contributed by atoms with van der Waals surface area (Å²) in [6.07, 6.45) is 1.91. The molecule has 0 saturated heterocycles. The van der Waals surface area contributed by atoms with Crippen molar-refractivity contribution in [2.24, 2.45) is 0 Å². The van der Waals surface area contributed by atoms with E-state index in [0.717, 1.165) is 4.90 Å². The lowest BCUT2D eigenvalue weighted by molar-refractivity contribution is -0.141. The van der Waals surface area contributed by atoms with Gasteiger partial charge in [-0.05, 0) is 24.5 Å². The molecule has 1 rings (SSSR count). The van der Waals surface area contributed by atoms with Crippen LogP contribution < -0.4 is 0 Å². The fraction of sp³-hybridized carbons (Fsp3) is 0.333. The van der Waals surface area contributed by atoms with Crippen molar-refractivity contribution in [1.29, 1.82) is 0 Å². The van der Waals surface area contributed by atoms with Crippen LogP contribution >= 0.6 is 23.4 Å². The topological polar surface area (TPSA) is 46.6 Å². The highest BCUT2D eigenvalue weighted by Gasteiger charge is 2.18. The van der Waals surface area contributed by atoms with Gasteiger partial charge in [0.2, 0.25) is 0 Å². The van der Waals surface area contributed by atoms with Crippen molar-refractivity contribution < 1.29 is 14.3 Å². The predicted molar refractivity (Wildman–Crippen MR) is 72.2 cm³/mol. The summed E-state index contributed by atoms with van der Waals surface area (Å²) in [5, 5.41) is 0.370. The number of halogens is 1. The molecule has 0 atom stereocenters. The molecule has 4 nitrogen and oxygen atoms in total. The van der Waals surface area contributed by atoms with Gasteiger partial charge in [-0.15, -0.1) is 11.8 Å². The van der Waals surface area contributed by atoms with Crippen molar-refractivity contribution in [3.8, 4) is 0 Å². The van der Waals surface area contributed by atoms with E-state index in [4.69, 9.17) is 11.6 Å². The van der Waals surface area contributed by atoms with E-state index in [9.17, 15) is 9.59 Å². The second-order valence-corrected chi connectivity index (χ2v) is 4.87. The molecule has 0 fully saturated rings. The van der Waals surface area contributed by atoms with E-state index in [2.05, 4.69) is 4.74 Å². The number of methoxy groups -OCH3 is 1. The lowest BCUT2D eigenvalue weighted by Crippen LogP contribution is -2.32. The quantitative estimate of drug-likeness (QED) is 0.630. The zero-order chi connectivity index (χ0) is 13.7. The maximum absolute atomic E-state index is 12.1. The standard InChI is InChI=1S/C12H14ClNO3S/c1-14(7-11(15)17-2)12(16)9-6-8(18-3)4-5-10(9)13/h4-6H,7H2,1-3H3. The molecule has 0 aliphatic rings. The van der Waals surface area contributed by atoms with Crippen LogP contribution in [0.4, 0.5) is 0 Å². The van der Waals surface area contributed by atoms with Crippen LogP contribution in [0.15, 0.2) is 23.1 Å². The lowest BCUT2D eigenvalue weighted by Gasteiger charge is -2.16. The highest BCUT2D eigenvalue weighted by Crippen LogP contribution is 2.23. The summed E-state index contributed by atoms with van der Waals surface area (Å²) >= 11 is 7.51. The van der Waals surface area contributed by atoms with Gasteiger partial charge in [0.05, 0.1) is 17.7 Å². The molecule has 1 amide bonds. The first-order valence-electron chi connectivity index (χ1n) is 5.15. The number of ether oxygens (including phenoxy) is 1. The van der Waals surface area contributed by atoms with Gasteiger partial charge in [0.1, 0.15) is 6.54 Å². The molecule has 0 radical (unpaired) electrons. The Labute approximate surface area is 115 Å². The molecule has 0 saturated carbocycles. The van der Waals surface area contributed by atoms with E-state index in [1.165, 1.54) is 30.8 Å². The summed E-state index contributed by atoms with van der Waals surface area (Å²) in [4.78, 5) is 25.4. The zero-order valence-corrected chi connectivity index (χ0v) is 12.0. The summed E-state index contributed by atoms with van der Waals surface area (Å²) in [6, 6.07) is 5.22. The molecule has 0 aliphatic heterocycles. The molecule has 0 bridgehead atoms. The molecule has 1 aromatic carbocycles. The molecular weight excluding hydrogens is 274 g/mol. The molecule has 18 heavy (non-hydrogen) atoms.